The molecular formula is C67H43N3. The van der Waals surface area contributed by atoms with E-state index in [-0.39, 0.29) is 0 Å². The minimum Gasteiger partial charge on any atom is -0.309 e. The topological polar surface area (TPSA) is 13.1 Å². The smallest absolute Gasteiger partial charge is 0.0746 e. The van der Waals surface area contributed by atoms with E-state index in [1.54, 1.807) is 0 Å². The van der Waals surface area contributed by atoms with Crippen LogP contribution in [0.2, 0.25) is 0 Å². The highest BCUT2D eigenvalue weighted by molar-refractivity contribution is 6.18. The summed E-state index contributed by atoms with van der Waals surface area (Å²) in [5.74, 6) is 0. The first kappa shape index (κ1) is 38.9. The van der Waals surface area contributed by atoms with Crippen molar-refractivity contribution in [1.82, 2.24) is 9.13 Å². The molecule has 1 spiro atoms. The lowest BCUT2D eigenvalue weighted by Gasteiger charge is -2.36. The van der Waals surface area contributed by atoms with Crippen molar-refractivity contribution in [3.8, 4) is 44.8 Å². The molecule has 2 heterocycles. The second kappa shape index (κ2) is 14.9. The monoisotopic (exact) mass is 889 g/mol. The van der Waals surface area contributed by atoms with Crippen molar-refractivity contribution in [3.63, 3.8) is 0 Å². The predicted molar refractivity (Wildman–Crippen MR) is 292 cm³/mol. The maximum atomic E-state index is 2.58. The van der Waals surface area contributed by atoms with E-state index < -0.39 is 5.41 Å². The van der Waals surface area contributed by atoms with Crippen LogP contribution in [0.25, 0.3) is 88.4 Å². The van der Waals surface area contributed by atoms with Gasteiger partial charge in [-0.1, -0.05) is 188 Å². The van der Waals surface area contributed by atoms with Gasteiger partial charge in [-0.05, 0) is 123 Å². The number of anilines is 3. The number of hydrogen-bond donors (Lipinski definition) is 0. The molecule has 11 aromatic carbocycles. The summed E-state index contributed by atoms with van der Waals surface area (Å²) in [5, 5.41) is 4.91. The molecule has 0 bridgehead atoms. The molecule has 13 aromatic rings. The number of rotatable bonds is 6. The summed E-state index contributed by atoms with van der Waals surface area (Å²) in [7, 11) is 0. The molecule has 326 valence electrons. The van der Waals surface area contributed by atoms with Crippen molar-refractivity contribution in [2.45, 2.75) is 5.41 Å². The minimum absolute atomic E-state index is 0.553. The zero-order valence-corrected chi connectivity index (χ0v) is 38.2. The normalized spacial score (nSPS) is 13.0. The van der Waals surface area contributed by atoms with Crippen molar-refractivity contribution in [2.75, 3.05) is 4.90 Å². The molecule has 2 aliphatic carbocycles. The fourth-order valence-corrected chi connectivity index (χ4v) is 12.7. The van der Waals surface area contributed by atoms with Gasteiger partial charge in [-0.2, -0.15) is 0 Å². The van der Waals surface area contributed by atoms with Crippen LogP contribution in [-0.2, 0) is 5.41 Å². The molecule has 2 aliphatic rings. The van der Waals surface area contributed by atoms with E-state index in [9.17, 15) is 0 Å². The van der Waals surface area contributed by atoms with Gasteiger partial charge >= 0.3 is 0 Å². The molecule has 0 unspecified atom stereocenters. The fraction of sp³-hybridized carbons (Fsp3) is 0.0149. The molecule has 3 nitrogen and oxygen atoms in total. The van der Waals surface area contributed by atoms with Gasteiger partial charge < -0.3 is 14.0 Å². The Morgan fingerprint density at radius 3 is 1.30 bits per heavy atom. The lowest BCUT2D eigenvalue weighted by molar-refractivity contribution is 0.793. The third kappa shape index (κ3) is 5.23. The zero-order valence-electron chi connectivity index (χ0n) is 38.2. The first-order valence-electron chi connectivity index (χ1n) is 24.3. The third-order valence-electron chi connectivity index (χ3n) is 15.3. The van der Waals surface area contributed by atoms with Gasteiger partial charge in [0.25, 0.3) is 0 Å². The Morgan fingerprint density at radius 2 is 0.700 bits per heavy atom. The Hall–Kier alpha value is -9.18. The fourth-order valence-electron chi connectivity index (χ4n) is 12.7. The maximum absolute atomic E-state index is 2.58. The van der Waals surface area contributed by atoms with Gasteiger partial charge in [-0.25, -0.2) is 0 Å². The molecule has 0 amide bonds. The van der Waals surface area contributed by atoms with Crippen LogP contribution in [-0.4, -0.2) is 9.13 Å². The Kier molecular flexibility index (Phi) is 8.28. The molecular weight excluding hydrogens is 847 g/mol. The van der Waals surface area contributed by atoms with Crippen molar-refractivity contribution >= 4 is 60.7 Å². The van der Waals surface area contributed by atoms with Crippen molar-refractivity contribution in [3.05, 3.63) is 283 Å². The number of hydrogen-bond acceptors (Lipinski definition) is 1. The third-order valence-corrected chi connectivity index (χ3v) is 15.3. The van der Waals surface area contributed by atoms with Crippen LogP contribution in [0.4, 0.5) is 17.1 Å². The molecule has 0 fully saturated rings. The lowest BCUT2D eigenvalue weighted by Crippen LogP contribution is -2.28. The number of nitrogens with zero attached hydrogens (tertiary/aromatic N) is 3. The first-order chi connectivity index (χ1) is 34.8. The maximum Gasteiger partial charge on any atom is 0.0746 e. The molecule has 0 saturated carbocycles. The number of benzene rings is 11. The van der Waals surface area contributed by atoms with Gasteiger partial charge in [0.2, 0.25) is 0 Å². The summed E-state index contributed by atoms with van der Waals surface area (Å²) in [6, 6.07) is 96.6. The Balaban J connectivity index is 1.02. The Bertz CT molecular complexity index is 4170. The molecule has 2 aromatic heterocycles. The number of fused-ring (bicyclic) bond motifs is 16. The summed E-state index contributed by atoms with van der Waals surface area (Å²) in [4.78, 5) is 2.58. The van der Waals surface area contributed by atoms with Crippen molar-refractivity contribution in [1.29, 1.82) is 0 Å². The first-order valence-corrected chi connectivity index (χ1v) is 24.3. The van der Waals surface area contributed by atoms with Crippen LogP contribution in [0, 0.1) is 0 Å². The largest absolute Gasteiger partial charge is 0.309 e. The Morgan fingerprint density at radius 1 is 0.286 bits per heavy atom. The number of para-hydroxylation sites is 4. The van der Waals surface area contributed by atoms with Crippen LogP contribution in [0.3, 0.4) is 0 Å². The molecule has 0 radical (unpaired) electrons. The Labute approximate surface area is 406 Å². The highest BCUT2D eigenvalue weighted by Gasteiger charge is 2.53. The summed E-state index contributed by atoms with van der Waals surface area (Å²) >= 11 is 0. The average Bonchev–Trinajstić information content (AvgIpc) is 4.15. The van der Waals surface area contributed by atoms with Crippen LogP contribution in [0.15, 0.2) is 261 Å². The predicted octanol–water partition coefficient (Wildman–Crippen LogP) is 17.4. The van der Waals surface area contributed by atoms with Gasteiger partial charge in [0, 0.05) is 44.2 Å². The summed E-state index contributed by atoms with van der Waals surface area (Å²) in [6.07, 6.45) is 0. The van der Waals surface area contributed by atoms with Crippen LogP contribution < -0.4 is 4.90 Å². The highest BCUT2D eigenvalue weighted by atomic mass is 15.2. The second-order valence-electron chi connectivity index (χ2n) is 18.7. The van der Waals surface area contributed by atoms with Crippen LogP contribution >= 0.6 is 0 Å². The van der Waals surface area contributed by atoms with Crippen LogP contribution in [0.5, 0.6) is 0 Å². The molecule has 15 rings (SSSR count). The van der Waals surface area contributed by atoms with E-state index in [2.05, 4.69) is 275 Å². The molecule has 70 heavy (non-hydrogen) atoms. The zero-order chi connectivity index (χ0) is 45.9. The molecule has 3 heteroatoms. The minimum atomic E-state index is -0.553. The SMILES string of the molecule is c1ccc(-n2c3ccccc3c3c(-c4ccc(N(c5cccc6c5C5(c7ccccc7-c7ccccc75)c5ccccc5-6)c5cccc6c5c5ccccc5n6-c5ccccc5)cc4)cccc32)cc1. The summed E-state index contributed by atoms with van der Waals surface area (Å²) in [6.45, 7) is 0. The van der Waals surface area contributed by atoms with E-state index in [0.717, 1.165) is 34.0 Å². The molecule has 0 saturated heterocycles. The summed E-state index contributed by atoms with van der Waals surface area (Å²) in [5.41, 5.74) is 22.6. The van der Waals surface area contributed by atoms with Crippen molar-refractivity contribution < 1.29 is 0 Å². The molecule has 0 aliphatic heterocycles. The van der Waals surface area contributed by atoms with E-state index in [1.807, 2.05) is 0 Å². The van der Waals surface area contributed by atoms with Gasteiger partial charge in [-0.15, -0.1) is 0 Å². The van der Waals surface area contributed by atoms with Gasteiger partial charge in [0.1, 0.15) is 0 Å². The number of aromatic nitrogens is 2. The van der Waals surface area contributed by atoms with Gasteiger partial charge in [0.15, 0.2) is 0 Å². The average molecular weight is 890 g/mol. The quantitative estimate of drug-likeness (QED) is 0.162. The lowest BCUT2D eigenvalue weighted by atomic mass is 9.70. The van der Waals surface area contributed by atoms with E-state index in [0.29, 0.717) is 0 Å². The highest BCUT2D eigenvalue weighted by Crippen LogP contribution is 2.65. The van der Waals surface area contributed by atoms with E-state index in [1.165, 1.54) is 93.7 Å². The molecule has 0 atom stereocenters. The van der Waals surface area contributed by atoms with Crippen molar-refractivity contribution in [2.24, 2.45) is 0 Å². The summed E-state index contributed by atoms with van der Waals surface area (Å²) < 4.78 is 4.83. The second-order valence-corrected chi connectivity index (χ2v) is 18.7. The molecule has 0 N–H and O–H groups in total. The van der Waals surface area contributed by atoms with Gasteiger partial charge in [0.05, 0.1) is 38.9 Å². The van der Waals surface area contributed by atoms with E-state index >= 15 is 0 Å². The van der Waals surface area contributed by atoms with Crippen LogP contribution in [0.1, 0.15) is 22.3 Å². The van der Waals surface area contributed by atoms with E-state index in [4.69, 9.17) is 0 Å². The van der Waals surface area contributed by atoms with Gasteiger partial charge in [-0.3, -0.25) is 0 Å². The standard InChI is InChI=1S/C67H43N3/c1-3-20-45(21-4-1)68-58-34-15-10-27-53(58)64-48(29-17-36-60(64)68)44-40-42-47(43-41-44)70(62-38-19-37-61-65(62)54-28-11-16-35-59(54)69(61)46-22-5-2-6-23-46)63-39-18-30-52-51-26-9-14-33-57(51)67(66(52)63)55-31-12-7-24-49(55)50-25-8-13-32-56(50)67/h1-43H.